The van der Waals surface area contributed by atoms with Crippen LogP contribution in [0.1, 0.15) is 26.7 Å². The van der Waals surface area contributed by atoms with Crippen molar-refractivity contribution in [2.45, 2.75) is 32.7 Å². The molecule has 0 saturated carbocycles. The molecule has 0 spiro atoms. The van der Waals surface area contributed by atoms with Crippen LogP contribution < -0.4 is 20.3 Å². The van der Waals surface area contributed by atoms with Crippen molar-refractivity contribution in [2.24, 2.45) is 5.92 Å². The third-order valence-corrected chi connectivity index (χ3v) is 4.25. The van der Waals surface area contributed by atoms with E-state index in [1.807, 2.05) is 19.1 Å². The van der Waals surface area contributed by atoms with Crippen LogP contribution in [0.3, 0.4) is 0 Å². The van der Waals surface area contributed by atoms with Crippen molar-refractivity contribution in [3.63, 3.8) is 0 Å². The Morgan fingerprint density at radius 2 is 2.32 bits per heavy atom. The third kappa shape index (κ3) is 4.55. The summed E-state index contributed by atoms with van der Waals surface area (Å²) in [6, 6.07) is 8.29. The van der Waals surface area contributed by atoms with Crippen molar-refractivity contribution in [1.29, 1.82) is 0 Å². The number of nitrogens with zero attached hydrogens (tertiary/aromatic N) is 1. The van der Waals surface area contributed by atoms with Gasteiger partial charge in [-0.05, 0) is 37.8 Å². The first-order valence-corrected chi connectivity index (χ1v) is 8.05. The van der Waals surface area contributed by atoms with Crippen LogP contribution in [-0.2, 0) is 0 Å². The van der Waals surface area contributed by atoms with Crippen LogP contribution >= 0.6 is 0 Å². The number of rotatable bonds is 6. The minimum absolute atomic E-state index is 0.0609. The molecule has 1 aromatic carbocycles. The Labute approximate surface area is 133 Å². The van der Waals surface area contributed by atoms with E-state index in [0.717, 1.165) is 38.2 Å². The number of hydrogen-bond acceptors (Lipinski definition) is 3. The summed E-state index contributed by atoms with van der Waals surface area (Å²) in [5.74, 6) is 1.38. The average Bonchev–Trinajstić information content (AvgIpc) is 3.02. The van der Waals surface area contributed by atoms with E-state index in [4.69, 9.17) is 4.74 Å². The zero-order chi connectivity index (χ0) is 15.9. The largest absolute Gasteiger partial charge is 0.497 e. The molecule has 1 saturated heterocycles. The lowest BCUT2D eigenvalue weighted by atomic mass is 10.1. The highest BCUT2D eigenvalue weighted by Crippen LogP contribution is 2.26. The Hall–Kier alpha value is -1.91. The van der Waals surface area contributed by atoms with Gasteiger partial charge in [-0.15, -0.1) is 0 Å². The molecule has 1 fully saturated rings. The molecule has 0 radical (unpaired) electrons. The summed E-state index contributed by atoms with van der Waals surface area (Å²) in [6.45, 7) is 6.79. The van der Waals surface area contributed by atoms with E-state index in [1.165, 1.54) is 5.69 Å². The second kappa shape index (κ2) is 7.92. The molecule has 0 aliphatic carbocycles. The summed E-state index contributed by atoms with van der Waals surface area (Å²) in [6.07, 6.45) is 2.04. The lowest BCUT2D eigenvalue weighted by Gasteiger charge is -2.20. The maximum absolute atomic E-state index is 11.8. The SMILES string of the molecule is CC[C@H](C)NC(=O)NC[C@@H]1CCN(c2cccc(OC)c2)C1. The van der Waals surface area contributed by atoms with Gasteiger partial charge in [-0.25, -0.2) is 4.79 Å². The number of anilines is 1. The molecule has 2 N–H and O–H groups in total. The van der Waals surface area contributed by atoms with Crippen LogP contribution in [0.4, 0.5) is 10.5 Å². The second-order valence-corrected chi connectivity index (χ2v) is 5.97. The van der Waals surface area contributed by atoms with E-state index >= 15 is 0 Å². The van der Waals surface area contributed by atoms with Gasteiger partial charge in [0.2, 0.25) is 0 Å². The zero-order valence-corrected chi connectivity index (χ0v) is 13.8. The van der Waals surface area contributed by atoms with Gasteiger partial charge in [-0.1, -0.05) is 13.0 Å². The highest BCUT2D eigenvalue weighted by molar-refractivity contribution is 5.74. The number of ether oxygens (including phenoxy) is 1. The van der Waals surface area contributed by atoms with Crippen LogP contribution in [0.25, 0.3) is 0 Å². The quantitative estimate of drug-likeness (QED) is 0.849. The van der Waals surface area contributed by atoms with Crippen molar-refractivity contribution >= 4 is 11.7 Å². The fourth-order valence-corrected chi connectivity index (χ4v) is 2.65. The number of nitrogens with one attached hydrogen (secondary N) is 2. The first-order valence-electron chi connectivity index (χ1n) is 8.05. The van der Waals surface area contributed by atoms with E-state index in [9.17, 15) is 4.79 Å². The highest BCUT2D eigenvalue weighted by atomic mass is 16.5. The lowest BCUT2D eigenvalue weighted by Crippen LogP contribution is -2.42. The van der Waals surface area contributed by atoms with Crippen molar-refractivity contribution in [3.05, 3.63) is 24.3 Å². The van der Waals surface area contributed by atoms with Crippen LogP contribution in [0.5, 0.6) is 5.75 Å². The normalized spacial score (nSPS) is 18.9. The van der Waals surface area contributed by atoms with Gasteiger partial charge < -0.3 is 20.3 Å². The maximum atomic E-state index is 11.8. The molecule has 1 aliphatic rings. The molecule has 2 amide bonds. The van der Waals surface area contributed by atoms with Gasteiger partial charge in [-0.3, -0.25) is 0 Å². The molecule has 1 aromatic rings. The molecule has 0 unspecified atom stereocenters. The molecule has 2 atom stereocenters. The molecule has 22 heavy (non-hydrogen) atoms. The van der Waals surface area contributed by atoms with E-state index in [-0.39, 0.29) is 12.1 Å². The molecular weight excluding hydrogens is 278 g/mol. The van der Waals surface area contributed by atoms with Crippen LogP contribution in [-0.4, -0.2) is 38.8 Å². The predicted molar refractivity (Wildman–Crippen MR) is 89.6 cm³/mol. The number of carbonyl (C=O) groups excluding carboxylic acids is 1. The van der Waals surface area contributed by atoms with Gasteiger partial charge in [0.15, 0.2) is 0 Å². The Morgan fingerprint density at radius 1 is 1.50 bits per heavy atom. The summed E-state index contributed by atoms with van der Waals surface area (Å²) >= 11 is 0. The fourth-order valence-electron chi connectivity index (χ4n) is 2.65. The van der Waals surface area contributed by atoms with Crippen LogP contribution in [0.15, 0.2) is 24.3 Å². The summed E-state index contributed by atoms with van der Waals surface area (Å²) < 4.78 is 5.28. The number of hydrogen-bond donors (Lipinski definition) is 2. The van der Waals surface area contributed by atoms with Crippen LogP contribution in [0, 0.1) is 5.92 Å². The van der Waals surface area contributed by atoms with Gasteiger partial charge in [0, 0.05) is 37.4 Å². The summed E-state index contributed by atoms with van der Waals surface area (Å²) in [7, 11) is 1.69. The second-order valence-electron chi connectivity index (χ2n) is 5.97. The van der Waals surface area contributed by atoms with Gasteiger partial charge in [0.25, 0.3) is 0 Å². The number of urea groups is 1. The van der Waals surface area contributed by atoms with Crippen LogP contribution in [0.2, 0.25) is 0 Å². The number of methoxy groups -OCH3 is 1. The minimum atomic E-state index is -0.0609. The Kier molecular flexibility index (Phi) is 5.92. The molecule has 1 heterocycles. The predicted octanol–water partition coefficient (Wildman–Crippen LogP) is 2.62. The summed E-state index contributed by atoms with van der Waals surface area (Å²) in [4.78, 5) is 14.1. The first kappa shape index (κ1) is 16.5. The number of benzene rings is 1. The van der Waals surface area contributed by atoms with E-state index in [0.29, 0.717) is 5.92 Å². The minimum Gasteiger partial charge on any atom is -0.497 e. The first-order chi connectivity index (χ1) is 10.6. The Bertz CT molecular complexity index is 493. The third-order valence-electron chi connectivity index (χ3n) is 4.25. The summed E-state index contributed by atoms with van der Waals surface area (Å²) in [5.41, 5.74) is 1.19. The molecule has 2 rings (SSSR count). The van der Waals surface area contributed by atoms with E-state index < -0.39 is 0 Å². The number of amides is 2. The molecule has 5 nitrogen and oxygen atoms in total. The Balaban J connectivity index is 1.79. The van der Waals surface area contributed by atoms with Crippen molar-refractivity contribution in [2.75, 3.05) is 31.6 Å². The lowest BCUT2D eigenvalue weighted by molar-refractivity contribution is 0.236. The Morgan fingerprint density at radius 3 is 3.05 bits per heavy atom. The van der Waals surface area contributed by atoms with Gasteiger partial charge in [0.05, 0.1) is 7.11 Å². The fraction of sp³-hybridized carbons (Fsp3) is 0.588. The molecule has 0 aromatic heterocycles. The van der Waals surface area contributed by atoms with E-state index in [1.54, 1.807) is 7.11 Å². The standard InChI is InChI=1S/C17H27N3O2/c1-4-13(2)19-17(21)18-11-14-8-9-20(12-14)15-6-5-7-16(10-15)22-3/h5-7,10,13-14H,4,8-9,11-12H2,1-3H3,(H2,18,19,21)/t13-,14-/m0/s1. The number of carbonyl (C=O) groups is 1. The molecule has 0 bridgehead atoms. The van der Waals surface area contributed by atoms with Crippen molar-refractivity contribution < 1.29 is 9.53 Å². The summed E-state index contributed by atoms with van der Waals surface area (Å²) in [5, 5.41) is 5.91. The average molecular weight is 305 g/mol. The van der Waals surface area contributed by atoms with Gasteiger partial charge >= 0.3 is 6.03 Å². The maximum Gasteiger partial charge on any atom is 0.315 e. The van der Waals surface area contributed by atoms with E-state index in [2.05, 4.69) is 34.6 Å². The highest BCUT2D eigenvalue weighted by Gasteiger charge is 2.23. The zero-order valence-electron chi connectivity index (χ0n) is 13.8. The van der Waals surface area contributed by atoms with Crippen molar-refractivity contribution in [3.8, 4) is 5.75 Å². The molecule has 122 valence electrons. The van der Waals surface area contributed by atoms with Crippen molar-refractivity contribution in [1.82, 2.24) is 10.6 Å². The van der Waals surface area contributed by atoms with Gasteiger partial charge in [0.1, 0.15) is 5.75 Å². The molecular formula is C17H27N3O2. The van der Waals surface area contributed by atoms with Gasteiger partial charge in [-0.2, -0.15) is 0 Å². The monoisotopic (exact) mass is 305 g/mol. The smallest absolute Gasteiger partial charge is 0.315 e. The molecule has 1 aliphatic heterocycles. The molecule has 5 heteroatoms. The topological polar surface area (TPSA) is 53.6 Å².